The number of hydrogen-bond acceptors (Lipinski definition) is 3. The van der Waals surface area contributed by atoms with Gasteiger partial charge in [-0.15, -0.1) is 0 Å². The molecule has 0 atom stereocenters. The summed E-state index contributed by atoms with van der Waals surface area (Å²) in [6.07, 6.45) is 0. The number of aromatic nitrogens is 1. The second-order valence-corrected chi connectivity index (χ2v) is 3.04. The van der Waals surface area contributed by atoms with Gasteiger partial charge in [0.25, 0.3) is 0 Å². The summed E-state index contributed by atoms with van der Waals surface area (Å²) in [5.74, 6) is 0.749. The van der Waals surface area contributed by atoms with Crippen molar-refractivity contribution in [3.63, 3.8) is 0 Å². The zero-order chi connectivity index (χ0) is 8.55. The quantitative estimate of drug-likeness (QED) is 0.631. The van der Waals surface area contributed by atoms with E-state index in [-0.39, 0.29) is 0 Å². The molecule has 0 aromatic carbocycles. The average molecular weight is 164 g/mol. The lowest BCUT2D eigenvalue weighted by Crippen LogP contribution is -2.20. The van der Waals surface area contributed by atoms with Crippen LogP contribution in [0.3, 0.4) is 0 Å². The molecule has 1 N–H and O–H groups in total. The van der Waals surface area contributed by atoms with E-state index in [0.29, 0.717) is 6.61 Å². The van der Waals surface area contributed by atoms with Crippen LogP contribution in [-0.2, 0) is 0 Å². The molecule has 2 heterocycles. The molecule has 0 bridgehead atoms. The third-order valence-electron chi connectivity index (χ3n) is 1.95. The van der Waals surface area contributed by atoms with Crippen molar-refractivity contribution in [2.75, 3.05) is 18.5 Å². The highest BCUT2D eigenvalue weighted by Crippen LogP contribution is 2.28. The molecule has 1 aliphatic rings. The van der Waals surface area contributed by atoms with Crippen LogP contribution in [0.2, 0.25) is 0 Å². The lowest BCUT2D eigenvalue weighted by atomic mass is 10.2. The number of anilines is 1. The molecule has 0 saturated heterocycles. The smallest absolute Gasteiger partial charge is 0.237 e. The van der Waals surface area contributed by atoms with Crippen molar-refractivity contribution in [2.45, 2.75) is 13.8 Å². The fourth-order valence-electron chi connectivity index (χ4n) is 1.45. The fourth-order valence-corrected chi connectivity index (χ4v) is 1.45. The predicted molar refractivity (Wildman–Crippen MR) is 47.7 cm³/mol. The Labute approximate surface area is 71.8 Å². The lowest BCUT2D eigenvalue weighted by Gasteiger charge is -2.20. The molecule has 0 radical (unpaired) electrons. The SMILES string of the molecule is Cc1cc(C)c2c(n1)OCCN2. The molecule has 12 heavy (non-hydrogen) atoms. The molecule has 3 heteroatoms. The summed E-state index contributed by atoms with van der Waals surface area (Å²) in [6, 6.07) is 2.06. The van der Waals surface area contributed by atoms with Crippen molar-refractivity contribution in [2.24, 2.45) is 0 Å². The highest BCUT2D eigenvalue weighted by Gasteiger charge is 2.13. The van der Waals surface area contributed by atoms with E-state index < -0.39 is 0 Å². The van der Waals surface area contributed by atoms with Crippen LogP contribution >= 0.6 is 0 Å². The van der Waals surface area contributed by atoms with Gasteiger partial charge in [0.2, 0.25) is 5.88 Å². The highest BCUT2D eigenvalue weighted by atomic mass is 16.5. The Bertz CT molecular complexity index is 310. The van der Waals surface area contributed by atoms with Gasteiger partial charge < -0.3 is 10.1 Å². The van der Waals surface area contributed by atoms with E-state index in [1.807, 2.05) is 6.92 Å². The van der Waals surface area contributed by atoms with Crippen LogP contribution in [0.5, 0.6) is 5.88 Å². The maximum atomic E-state index is 5.41. The zero-order valence-electron chi connectivity index (χ0n) is 7.35. The Morgan fingerprint density at radius 1 is 1.50 bits per heavy atom. The predicted octanol–water partition coefficient (Wildman–Crippen LogP) is 1.50. The van der Waals surface area contributed by atoms with E-state index in [9.17, 15) is 0 Å². The Balaban J connectivity index is 2.53. The number of rotatable bonds is 0. The summed E-state index contributed by atoms with van der Waals surface area (Å²) in [5.41, 5.74) is 3.26. The van der Waals surface area contributed by atoms with Crippen LogP contribution in [0, 0.1) is 13.8 Å². The summed E-state index contributed by atoms with van der Waals surface area (Å²) in [4.78, 5) is 4.29. The lowest BCUT2D eigenvalue weighted by molar-refractivity contribution is 0.309. The highest BCUT2D eigenvalue weighted by molar-refractivity contribution is 5.60. The first-order valence-corrected chi connectivity index (χ1v) is 4.12. The van der Waals surface area contributed by atoms with E-state index in [0.717, 1.165) is 23.8 Å². The number of fused-ring (bicyclic) bond motifs is 1. The second kappa shape index (κ2) is 2.66. The average Bonchev–Trinajstić information content (AvgIpc) is 2.04. The minimum absolute atomic E-state index is 0.711. The second-order valence-electron chi connectivity index (χ2n) is 3.04. The molecular weight excluding hydrogens is 152 g/mol. The van der Waals surface area contributed by atoms with Crippen LogP contribution in [0.4, 0.5) is 5.69 Å². The monoisotopic (exact) mass is 164 g/mol. The number of hydrogen-bond donors (Lipinski definition) is 1. The molecule has 2 rings (SSSR count). The molecule has 3 nitrogen and oxygen atoms in total. The first-order valence-electron chi connectivity index (χ1n) is 4.12. The third kappa shape index (κ3) is 1.11. The minimum atomic E-state index is 0.711. The molecule has 0 spiro atoms. The van der Waals surface area contributed by atoms with Crippen molar-refractivity contribution >= 4 is 5.69 Å². The van der Waals surface area contributed by atoms with Gasteiger partial charge in [0.15, 0.2) is 0 Å². The number of ether oxygens (including phenoxy) is 1. The Morgan fingerprint density at radius 2 is 2.33 bits per heavy atom. The van der Waals surface area contributed by atoms with Gasteiger partial charge >= 0.3 is 0 Å². The molecule has 0 saturated carbocycles. The van der Waals surface area contributed by atoms with Crippen molar-refractivity contribution in [1.82, 2.24) is 4.98 Å². The van der Waals surface area contributed by atoms with Crippen molar-refractivity contribution in [3.05, 3.63) is 17.3 Å². The standard InChI is InChI=1S/C9H12N2O/c1-6-5-7(2)11-9-8(6)10-3-4-12-9/h5,10H,3-4H2,1-2H3. The van der Waals surface area contributed by atoms with Gasteiger partial charge in [0, 0.05) is 12.2 Å². The van der Waals surface area contributed by atoms with Crippen LogP contribution in [-0.4, -0.2) is 18.1 Å². The third-order valence-corrected chi connectivity index (χ3v) is 1.95. The van der Waals surface area contributed by atoms with Gasteiger partial charge in [-0.1, -0.05) is 0 Å². The number of pyridine rings is 1. The van der Waals surface area contributed by atoms with Crippen LogP contribution < -0.4 is 10.1 Å². The molecule has 0 unspecified atom stereocenters. The summed E-state index contributed by atoms with van der Waals surface area (Å²) >= 11 is 0. The topological polar surface area (TPSA) is 34.1 Å². The van der Waals surface area contributed by atoms with E-state index >= 15 is 0 Å². The van der Waals surface area contributed by atoms with Gasteiger partial charge in [0.05, 0.1) is 0 Å². The van der Waals surface area contributed by atoms with Crippen molar-refractivity contribution in [1.29, 1.82) is 0 Å². The van der Waals surface area contributed by atoms with Crippen molar-refractivity contribution < 1.29 is 4.74 Å². The normalized spacial score (nSPS) is 14.5. The Hall–Kier alpha value is -1.25. The first-order chi connectivity index (χ1) is 5.77. The van der Waals surface area contributed by atoms with Crippen LogP contribution in [0.15, 0.2) is 6.07 Å². The number of nitrogens with zero attached hydrogens (tertiary/aromatic N) is 1. The van der Waals surface area contributed by atoms with Gasteiger partial charge in [0.1, 0.15) is 12.3 Å². The van der Waals surface area contributed by atoms with E-state index in [2.05, 4.69) is 23.3 Å². The number of aryl methyl sites for hydroxylation is 2. The molecular formula is C9H12N2O. The zero-order valence-corrected chi connectivity index (χ0v) is 7.35. The fraction of sp³-hybridized carbons (Fsp3) is 0.444. The van der Waals surface area contributed by atoms with Crippen LogP contribution in [0.1, 0.15) is 11.3 Å². The molecule has 1 aromatic heterocycles. The van der Waals surface area contributed by atoms with Crippen LogP contribution in [0.25, 0.3) is 0 Å². The largest absolute Gasteiger partial charge is 0.474 e. The maximum Gasteiger partial charge on any atom is 0.237 e. The molecule has 1 aromatic rings. The maximum absolute atomic E-state index is 5.41. The first kappa shape index (κ1) is 7.40. The Morgan fingerprint density at radius 3 is 3.17 bits per heavy atom. The Kier molecular flexibility index (Phi) is 1.64. The molecule has 1 aliphatic heterocycles. The molecule has 0 aliphatic carbocycles. The summed E-state index contributed by atoms with van der Waals surface area (Å²) in [6.45, 7) is 5.63. The van der Waals surface area contributed by atoms with Crippen molar-refractivity contribution in [3.8, 4) is 5.88 Å². The van der Waals surface area contributed by atoms with Gasteiger partial charge in [-0.05, 0) is 25.5 Å². The van der Waals surface area contributed by atoms with Gasteiger partial charge in [-0.3, -0.25) is 0 Å². The van der Waals surface area contributed by atoms with Gasteiger partial charge in [-0.25, -0.2) is 4.98 Å². The molecule has 0 fully saturated rings. The van der Waals surface area contributed by atoms with E-state index in [4.69, 9.17) is 4.74 Å². The minimum Gasteiger partial charge on any atom is -0.474 e. The number of nitrogens with one attached hydrogen (secondary N) is 1. The summed E-state index contributed by atoms with van der Waals surface area (Å²) in [7, 11) is 0. The summed E-state index contributed by atoms with van der Waals surface area (Å²) in [5, 5.41) is 3.27. The molecule has 0 amide bonds. The molecule has 64 valence electrons. The van der Waals surface area contributed by atoms with Gasteiger partial charge in [-0.2, -0.15) is 0 Å². The van der Waals surface area contributed by atoms with E-state index in [1.165, 1.54) is 5.56 Å². The summed E-state index contributed by atoms with van der Waals surface area (Å²) < 4.78 is 5.41. The van der Waals surface area contributed by atoms with E-state index in [1.54, 1.807) is 0 Å².